The highest BCUT2D eigenvalue weighted by Crippen LogP contribution is 2.36. The van der Waals surface area contributed by atoms with Crippen molar-refractivity contribution in [3.8, 4) is 16.9 Å². The number of hydrogen-bond acceptors (Lipinski definition) is 4. The predicted octanol–water partition coefficient (Wildman–Crippen LogP) is 6.12. The molecule has 0 saturated carbocycles. The minimum Gasteiger partial charge on any atom is -0.302 e. The van der Waals surface area contributed by atoms with Gasteiger partial charge < -0.3 is 4.57 Å². The van der Waals surface area contributed by atoms with Crippen LogP contribution in [0.25, 0.3) is 16.9 Å². The number of rotatable bonds is 6. The van der Waals surface area contributed by atoms with E-state index in [4.69, 9.17) is 12.2 Å². The molecule has 1 aliphatic rings. The summed E-state index contributed by atoms with van der Waals surface area (Å²) in [5.41, 5.74) is 9.79. The summed E-state index contributed by atoms with van der Waals surface area (Å²) in [4.78, 5) is 11.0. The van der Waals surface area contributed by atoms with Gasteiger partial charge in [0.1, 0.15) is 6.33 Å². The van der Waals surface area contributed by atoms with Gasteiger partial charge in [0.15, 0.2) is 0 Å². The van der Waals surface area contributed by atoms with E-state index in [9.17, 15) is 4.21 Å². The number of hydrogen-bond donors (Lipinski definition) is 0. The standard InChI is InChI=1S/C29H27N3OS2/c1-19-7-10-23(11-8-19)32-18-31-29-25-12-9-22(13-28(25)35(33)17-27(29)32)15-30-16-24(34)14-26-20(2)5-4-6-21(26)3/h4-13,15,18H,14,16-17H2,1-3H3. The van der Waals surface area contributed by atoms with E-state index in [2.05, 4.69) is 73.2 Å². The first-order valence-electron chi connectivity index (χ1n) is 11.6. The smallest absolute Gasteiger partial charge is 0.100 e. The van der Waals surface area contributed by atoms with Gasteiger partial charge in [0.2, 0.25) is 0 Å². The SMILES string of the molecule is Cc1ccc(-n2cnc3c2CS(=O)c2cc(C=NCC(=S)Cc4c(C)cccc4C)ccc2-3)cc1. The van der Waals surface area contributed by atoms with Gasteiger partial charge in [0.05, 0.1) is 34.5 Å². The molecule has 4 nitrogen and oxygen atoms in total. The second-order valence-corrected chi connectivity index (χ2v) is 11.0. The normalized spacial score (nSPS) is 14.7. The molecule has 0 amide bonds. The largest absolute Gasteiger partial charge is 0.302 e. The molecule has 4 aromatic rings. The van der Waals surface area contributed by atoms with Crippen molar-refractivity contribution in [1.29, 1.82) is 0 Å². The van der Waals surface area contributed by atoms with Crippen LogP contribution in [0.1, 0.15) is 33.5 Å². The van der Waals surface area contributed by atoms with Gasteiger partial charge in [-0.1, -0.05) is 60.2 Å². The van der Waals surface area contributed by atoms with E-state index in [-0.39, 0.29) is 0 Å². The van der Waals surface area contributed by atoms with Crippen LogP contribution in [-0.4, -0.2) is 31.4 Å². The third-order valence-corrected chi connectivity index (χ3v) is 8.12. The van der Waals surface area contributed by atoms with Gasteiger partial charge in [-0.05, 0) is 61.2 Å². The van der Waals surface area contributed by atoms with E-state index >= 15 is 0 Å². The van der Waals surface area contributed by atoms with Crippen molar-refractivity contribution in [3.63, 3.8) is 0 Å². The van der Waals surface area contributed by atoms with Crippen LogP contribution >= 0.6 is 12.2 Å². The average molecular weight is 498 g/mol. The molecule has 0 radical (unpaired) electrons. The van der Waals surface area contributed by atoms with Crippen LogP contribution in [0.5, 0.6) is 0 Å². The van der Waals surface area contributed by atoms with E-state index in [1.54, 1.807) is 0 Å². The maximum absolute atomic E-state index is 13.2. The van der Waals surface area contributed by atoms with Gasteiger partial charge in [0, 0.05) is 33.6 Å². The second-order valence-electron chi connectivity index (χ2n) is 9.05. The Bertz CT molecular complexity index is 1460. The Morgan fingerprint density at radius 2 is 1.83 bits per heavy atom. The summed E-state index contributed by atoms with van der Waals surface area (Å²) in [7, 11) is -1.15. The number of thiocarbonyl (C=S) groups is 1. The lowest BCUT2D eigenvalue weighted by Gasteiger charge is -2.18. The van der Waals surface area contributed by atoms with Gasteiger partial charge >= 0.3 is 0 Å². The number of nitrogens with zero attached hydrogens (tertiary/aromatic N) is 3. The highest BCUT2D eigenvalue weighted by atomic mass is 32.2. The molecule has 0 saturated heterocycles. The first-order valence-corrected chi connectivity index (χ1v) is 13.4. The Kier molecular flexibility index (Phi) is 6.58. The van der Waals surface area contributed by atoms with E-state index in [0.717, 1.165) is 44.4 Å². The van der Waals surface area contributed by atoms with E-state index < -0.39 is 10.8 Å². The lowest BCUT2D eigenvalue weighted by Crippen LogP contribution is -2.11. The molecule has 1 unspecified atom stereocenters. The van der Waals surface area contributed by atoms with Crippen molar-refractivity contribution < 1.29 is 4.21 Å². The maximum atomic E-state index is 13.2. The summed E-state index contributed by atoms with van der Waals surface area (Å²) in [5, 5.41) is 0. The molecule has 1 aromatic heterocycles. The monoisotopic (exact) mass is 497 g/mol. The van der Waals surface area contributed by atoms with Crippen LogP contribution in [0.15, 0.2) is 76.9 Å². The zero-order valence-electron chi connectivity index (χ0n) is 20.1. The molecular weight excluding hydrogens is 470 g/mol. The Labute approximate surface area is 214 Å². The van der Waals surface area contributed by atoms with Crippen LogP contribution in [0.3, 0.4) is 0 Å². The predicted molar refractivity (Wildman–Crippen MR) is 149 cm³/mol. The van der Waals surface area contributed by atoms with Crippen LogP contribution < -0.4 is 0 Å². The first kappa shape index (κ1) is 23.5. The Hall–Kier alpha value is -3.22. The fourth-order valence-electron chi connectivity index (χ4n) is 4.50. The fraction of sp³-hybridized carbons (Fsp3) is 0.207. The summed E-state index contributed by atoms with van der Waals surface area (Å²) in [6, 6.07) is 20.6. The molecule has 0 bridgehead atoms. The minimum atomic E-state index is -1.15. The molecule has 0 aliphatic carbocycles. The van der Waals surface area contributed by atoms with Crippen LogP contribution in [0.2, 0.25) is 0 Å². The zero-order valence-corrected chi connectivity index (χ0v) is 21.7. The lowest BCUT2D eigenvalue weighted by molar-refractivity contribution is 0.681. The fourth-order valence-corrected chi connectivity index (χ4v) is 6.08. The van der Waals surface area contributed by atoms with Gasteiger partial charge in [0.25, 0.3) is 0 Å². The van der Waals surface area contributed by atoms with E-state index in [1.165, 1.54) is 22.3 Å². The van der Waals surface area contributed by atoms with E-state index in [0.29, 0.717) is 12.3 Å². The average Bonchev–Trinajstić information content (AvgIpc) is 3.26. The van der Waals surface area contributed by atoms with Crippen molar-refractivity contribution >= 4 is 34.1 Å². The summed E-state index contributed by atoms with van der Waals surface area (Å²) in [6.07, 6.45) is 4.41. The number of aliphatic imine (C=N–C) groups is 1. The van der Waals surface area contributed by atoms with Gasteiger partial charge in [-0.2, -0.15) is 0 Å². The molecule has 1 aliphatic heterocycles. The number of aryl methyl sites for hydroxylation is 3. The molecule has 6 heteroatoms. The van der Waals surface area contributed by atoms with Crippen LogP contribution in [0, 0.1) is 20.8 Å². The van der Waals surface area contributed by atoms with Crippen molar-refractivity contribution in [3.05, 3.63) is 101 Å². The topological polar surface area (TPSA) is 47.2 Å². The molecule has 1 atom stereocenters. The third kappa shape index (κ3) is 4.81. The second kappa shape index (κ2) is 9.80. The summed E-state index contributed by atoms with van der Waals surface area (Å²) >= 11 is 5.61. The van der Waals surface area contributed by atoms with E-state index in [1.807, 2.05) is 35.3 Å². The van der Waals surface area contributed by atoms with Crippen molar-refractivity contribution in [2.75, 3.05) is 6.54 Å². The van der Waals surface area contributed by atoms with Crippen LogP contribution in [-0.2, 0) is 23.0 Å². The number of imidazole rings is 1. The summed E-state index contributed by atoms with van der Waals surface area (Å²) in [5.74, 6) is 0.441. The molecule has 0 fully saturated rings. The van der Waals surface area contributed by atoms with Gasteiger partial charge in [-0.15, -0.1) is 0 Å². The molecule has 0 spiro atoms. The first-order chi connectivity index (χ1) is 16.9. The number of benzene rings is 3. The number of fused-ring (bicyclic) bond motifs is 3. The quantitative estimate of drug-likeness (QED) is 0.238. The number of aromatic nitrogens is 2. The van der Waals surface area contributed by atoms with Gasteiger partial charge in [-0.25, -0.2) is 4.98 Å². The summed E-state index contributed by atoms with van der Waals surface area (Å²) in [6.45, 7) is 6.81. The molecule has 0 N–H and O–H groups in total. The zero-order chi connectivity index (χ0) is 24.5. The molecule has 2 heterocycles. The molecule has 176 valence electrons. The Balaban J connectivity index is 1.34. The van der Waals surface area contributed by atoms with Crippen molar-refractivity contribution in [2.24, 2.45) is 4.99 Å². The maximum Gasteiger partial charge on any atom is 0.100 e. The highest BCUT2D eigenvalue weighted by Gasteiger charge is 2.26. The minimum absolute atomic E-state index is 0.441. The lowest BCUT2D eigenvalue weighted by atomic mass is 9.99. The molecule has 3 aromatic carbocycles. The van der Waals surface area contributed by atoms with Crippen molar-refractivity contribution in [1.82, 2.24) is 9.55 Å². The third-order valence-electron chi connectivity index (χ3n) is 6.48. The molecule has 5 rings (SSSR count). The van der Waals surface area contributed by atoms with Gasteiger partial charge in [-0.3, -0.25) is 9.20 Å². The van der Waals surface area contributed by atoms with Crippen LogP contribution in [0.4, 0.5) is 0 Å². The Morgan fingerprint density at radius 3 is 2.57 bits per heavy atom. The summed E-state index contributed by atoms with van der Waals surface area (Å²) < 4.78 is 15.2. The van der Waals surface area contributed by atoms with Crippen molar-refractivity contribution in [2.45, 2.75) is 37.8 Å². The Morgan fingerprint density at radius 1 is 1.09 bits per heavy atom. The molecular formula is C29H27N3OS2. The molecule has 35 heavy (non-hydrogen) atoms. The highest BCUT2D eigenvalue weighted by molar-refractivity contribution is 7.84.